The molecule has 0 radical (unpaired) electrons. The summed E-state index contributed by atoms with van der Waals surface area (Å²) in [6.07, 6.45) is 4.43. The zero-order valence-corrected chi connectivity index (χ0v) is 14.3. The number of urea groups is 1. The molecule has 2 N–H and O–H groups in total. The number of nitrogens with one attached hydrogen (secondary N) is 2. The van der Waals surface area contributed by atoms with Crippen LogP contribution in [0.1, 0.15) is 55.5 Å². The number of benzene rings is 1. The van der Waals surface area contributed by atoms with Crippen LogP contribution in [0.2, 0.25) is 0 Å². The van der Waals surface area contributed by atoms with E-state index in [0.717, 1.165) is 18.4 Å². The SMILES string of the molecule is CCCCCC(C)NC(=O)c1ccc(CN2C(=O)CNC2=O)cc1. The van der Waals surface area contributed by atoms with Crippen molar-refractivity contribution < 1.29 is 14.4 Å². The summed E-state index contributed by atoms with van der Waals surface area (Å²) in [4.78, 5) is 36.5. The summed E-state index contributed by atoms with van der Waals surface area (Å²) in [5.74, 6) is -0.330. The molecule has 2 rings (SSSR count). The van der Waals surface area contributed by atoms with Gasteiger partial charge < -0.3 is 10.6 Å². The molecule has 1 aliphatic rings. The van der Waals surface area contributed by atoms with Gasteiger partial charge in [-0.3, -0.25) is 14.5 Å². The van der Waals surface area contributed by atoms with Gasteiger partial charge in [0.15, 0.2) is 0 Å². The lowest BCUT2D eigenvalue weighted by Crippen LogP contribution is -2.32. The lowest BCUT2D eigenvalue weighted by atomic mass is 10.1. The van der Waals surface area contributed by atoms with Crippen LogP contribution in [0.4, 0.5) is 4.79 Å². The molecule has 1 saturated heterocycles. The number of amides is 4. The molecule has 1 heterocycles. The van der Waals surface area contributed by atoms with Crippen LogP contribution < -0.4 is 10.6 Å². The molecule has 6 heteroatoms. The number of hydrogen-bond acceptors (Lipinski definition) is 3. The van der Waals surface area contributed by atoms with Crippen LogP contribution in [0.25, 0.3) is 0 Å². The molecule has 24 heavy (non-hydrogen) atoms. The minimum atomic E-state index is -0.372. The number of nitrogens with zero attached hydrogens (tertiary/aromatic N) is 1. The predicted octanol–water partition coefficient (Wildman–Crippen LogP) is 2.44. The number of imide groups is 1. The van der Waals surface area contributed by atoms with Gasteiger partial charge >= 0.3 is 6.03 Å². The molecule has 4 amide bonds. The molecule has 1 aliphatic heterocycles. The van der Waals surface area contributed by atoms with Crippen molar-refractivity contribution in [3.8, 4) is 0 Å². The van der Waals surface area contributed by atoms with Crippen molar-refractivity contribution >= 4 is 17.8 Å². The Labute approximate surface area is 142 Å². The van der Waals surface area contributed by atoms with E-state index >= 15 is 0 Å². The van der Waals surface area contributed by atoms with Gasteiger partial charge in [0.05, 0.1) is 13.1 Å². The number of carbonyl (C=O) groups excluding carboxylic acids is 3. The fraction of sp³-hybridized carbons (Fsp3) is 0.500. The van der Waals surface area contributed by atoms with Crippen molar-refractivity contribution in [1.29, 1.82) is 0 Å². The maximum atomic E-state index is 12.2. The molecule has 1 atom stereocenters. The van der Waals surface area contributed by atoms with Gasteiger partial charge in [-0.05, 0) is 31.0 Å². The lowest BCUT2D eigenvalue weighted by Gasteiger charge is -2.15. The van der Waals surface area contributed by atoms with Gasteiger partial charge in [-0.15, -0.1) is 0 Å². The van der Waals surface area contributed by atoms with Crippen molar-refractivity contribution in [3.63, 3.8) is 0 Å². The molecule has 0 saturated carbocycles. The zero-order valence-electron chi connectivity index (χ0n) is 14.3. The van der Waals surface area contributed by atoms with Crippen molar-refractivity contribution in [2.24, 2.45) is 0 Å². The van der Waals surface area contributed by atoms with E-state index in [0.29, 0.717) is 5.56 Å². The summed E-state index contributed by atoms with van der Waals surface area (Å²) in [5, 5.41) is 5.48. The topological polar surface area (TPSA) is 78.5 Å². The summed E-state index contributed by atoms with van der Waals surface area (Å²) in [7, 11) is 0. The van der Waals surface area contributed by atoms with Gasteiger partial charge in [0, 0.05) is 11.6 Å². The van der Waals surface area contributed by atoms with E-state index in [1.54, 1.807) is 24.3 Å². The van der Waals surface area contributed by atoms with Gasteiger partial charge in [0.2, 0.25) is 5.91 Å². The quantitative estimate of drug-likeness (QED) is 0.567. The molecule has 0 spiro atoms. The zero-order chi connectivity index (χ0) is 17.5. The number of rotatable bonds is 8. The van der Waals surface area contributed by atoms with Gasteiger partial charge in [0.1, 0.15) is 0 Å². The van der Waals surface area contributed by atoms with E-state index in [9.17, 15) is 14.4 Å². The summed E-state index contributed by atoms with van der Waals surface area (Å²) < 4.78 is 0. The smallest absolute Gasteiger partial charge is 0.324 e. The van der Waals surface area contributed by atoms with Crippen LogP contribution >= 0.6 is 0 Å². The first-order valence-corrected chi connectivity index (χ1v) is 8.49. The fourth-order valence-electron chi connectivity index (χ4n) is 2.64. The van der Waals surface area contributed by atoms with Gasteiger partial charge in [-0.1, -0.05) is 38.3 Å². The Kier molecular flexibility index (Phi) is 6.35. The Bertz CT molecular complexity index is 582. The predicted molar refractivity (Wildman–Crippen MR) is 91.5 cm³/mol. The Morgan fingerprint density at radius 2 is 1.96 bits per heavy atom. The van der Waals surface area contributed by atoms with Crippen molar-refractivity contribution in [2.75, 3.05) is 6.54 Å². The third-order valence-electron chi connectivity index (χ3n) is 4.11. The Morgan fingerprint density at radius 1 is 1.25 bits per heavy atom. The maximum Gasteiger partial charge on any atom is 0.324 e. The molecule has 1 unspecified atom stereocenters. The molecule has 0 aliphatic carbocycles. The highest BCUT2D eigenvalue weighted by Gasteiger charge is 2.28. The number of hydrogen-bond donors (Lipinski definition) is 2. The highest BCUT2D eigenvalue weighted by Crippen LogP contribution is 2.11. The van der Waals surface area contributed by atoms with E-state index < -0.39 is 0 Å². The van der Waals surface area contributed by atoms with E-state index in [-0.39, 0.29) is 37.0 Å². The van der Waals surface area contributed by atoms with Crippen molar-refractivity contribution in [2.45, 2.75) is 52.1 Å². The second-order valence-electron chi connectivity index (χ2n) is 6.21. The number of carbonyl (C=O) groups is 3. The lowest BCUT2D eigenvalue weighted by molar-refractivity contribution is -0.125. The standard InChI is InChI=1S/C18H25N3O3/c1-3-4-5-6-13(2)20-17(23)15-9-7-14(8-10-15)12-21-16(22)11-19-18(21)24/h7-10,13H,3-6,11-12H2,1-2H3,(H,19,24)(H,20,23). The van der Waals surface area contributed by atoms with Crippen molar-refractivity contribution in [1.82, 2.24) is 15.5 Å². The average molecular weight is 331 g/mol. The number of unbranched alkanes of at least 4 members (excludes halogenated alkanes) is 2. The molecule has 1 aromatic carbocycles. The molecule has 6 nitrogen and oxygen atoms in total. The third kappa shape index (κ3) is 4.81. The van der Waals surface area contributed by atoms with Crippen LogP contribution in [0.15, 0.2) is 24.3 Å². The molecule has 1 aromatic rings. The summed E-state index contributed by atoms with van der Waals surface area (Å²) in [6.45, 7) is 4.44. The first-order chi connectivity index (χ1) is 11.5. The van der Waals surface area contributed by atoms with Gasteiger partial charge in [0.25, 0.3) is 5.91 Å². The van der Waals surface area contributed by atoms with Crippen LogP contribution in [-0.4, -0.2) is 35.3 Å². The van der Waals surface area contributed by atoms with Crippen molar-refractivity contribution in [3.05, 3.63) is 35.4 Å². The molecule has 130 valence electrons. The summed E-state index contributed by atoms with van der Waals surface area (Å²) in [6, 6.07) is 6.77. The Morgan fingerprint density at radius 3 is 2.54 bits per heavy atom. The second kappa shape index (κ2) is 8.47. The summed E-state index contributed by atoms with van der Waals surface area (Å²) >= 11 is 0. The highest BCUT2D eigenvalue weighted by molar-refractivity contribution is 6.01. The van der Waals surface area contributed by atoms with Gasteiger partial charge in [-0.25, -0.2) is 4.79 Å². The Hall–Kier alpha value is -2.37. The molecule has 0 aromatic heterocycles. The minimum Gasteiger partial charge on any atom is -0.350 e. The first-order valence-electron chi connectivity index (χ1n) is 8.49. The molecular weight excluding hydrogens is 306 g/mol. The Balaban J connectivity index is 1.88. The van der Waals surface area contributed by atoms with Crippen LogP contribution in [0, 0.1) is 0 Å². The van der Waals surface area contributed by atoms with E-state index in [4.69, 9.17) is 0 Å². The molecular formula is C18H25N3O3. The van der Waals surface area contributed by atoms with Crippen LogP contribution in [0.3, 0.4) is 0 Å². The largest absolute Gasteiger partial charge is 0.350 e. The normalized spacial score (nSPS) is 15.3. The van der Waals surface area contributed by atoms with E-state index in [1.165, 1.54) is 17.7 Å². The molecule has 1 fully saturated rings. The van der Waals surface area contributed by atoms with Gasteiger partial charge in [-0.2, -0.15) is 0 Å². The molecule has 0 bridgehead atoms. The van der Waals surface area contributed by atoms with E-state index in [2.05, 4.69) is 17.6 Å². The highest BCUT2D eigenvalue weighted by atomic mass is 16.2. The first kappa shape index (κ1) is 18.0. The second-order valence-corrected chi connectivity index (χ2v) is 6.21. The minimum absolute atomic E-state index is 0.0508. The summed E-state index contributed by atoms with van der Waals surface area (Å²) in [5.41, 5.74) is 1.39. The maximum absolute atomic E-state index is 12.2. The van der Waals surface area contributed by atoms with Crippen LogP contribution in [0.5, 0.6) is 0 Å². The average Bonchev–Trinajstić information content (AvgIpc) is 2.87. The van der Waals surface area contributed by atoms with Crippen LogP contribution in [-0.2, 0) is 11.3 Å². The monoisotopic (exact) mass is 331 g/mol. The third-order valence-corrected chi connectivity index (χ3v) is 4.11. The van der Waals surface area contributed by atoms with E-state index in [1.807, 2.05) is 6.92 Å². The fourth-order valence-corrected chi connectivity index (χ4v) is 2.64.